The molecule has 2 rings (SSSR count). The Kier molecular flexibility index (Phi) is 6.39. The summed E-state index contributed by atoms with van der Waals surface area (Å²) in [5, 5.41) is 3.04. The van der Waals surface area contributed by atoms with Crippen molar-refractivity contribution in [2.24, 2.45) is 5.41 Å². The lowest BCUT2D eigenvalue weighted by atomic mass is 9.81. The zero-order valence-electron chi connectivity index (χ0n) is 17.3. The van der Waals surface area contributed by atoms with E-state index in [1.165, 1.54) is 10.4 Å². The third kappa shape index (κ3) is 5.77. The zero-order valence-corrected chi connectivity index (χ0v) is 18.1. The standard InChI is InChI=1S/C20H32N2O4S/c1-15-7-8-16(18(23)21-20(5,6)14-19(2,3)4)13-17(15)27(24,25)22-9-11-26-12-10-22/h7-8,13H,9-12,14H2,1-6H3,(H,21,23). The van der Waals surface area contributed by atoms with E-state index in [1.807, 2.05) is 13.8 Å². The number of morpholine rings is 1. The topological polar surface area (TPSA) is 75.7 Å². The van der Waals surface area contributed by atoms with E-state index in [0.29, 0.717) is 37.4 Å². The molecule has 7 heteroatoms. The predicted octanol–water partition coefficient (Wildman–Crippen LogP) is 2.96. The molecule has 6 nitrogen and oxygen atoms in total. The zero-order chi connectivity index (χ0) is 20.5. The highest BCUT2D eigenvalue weighted by Crippen LogP contribution is 2.27. The van der Waals surface area contributed by atoms with Crippen LogP contribution in [0.25, 0.3) is 0 Å². The van der Waals surface area contributed by atoms with Gasteiger partial charge in [-0.05, 0) is 50.3 Å². The normalized spacial score (nSPS) is 17.0. The number of amides is 1. The first-order valence-corrected chi connectivity index (χ1v) is 10.8. The second-order valence-corrected chi connectivity index (χ2v) is 11.0. The van der Waals surface area contributed by atoms with Crippen LogP contribution in [0.1, 0.15) is 57.0 Å². The SMILES string of the molecule is Cc1ccc(C(=O)NC(C)(C)CC(C)(C)C)cc1S(=O)(=O)N1CCOCC1. The molecule has 0 radical (unpaired) electrons. The smallest absolute Gasteiger partial charge is 0.251 e. The molecule has 0 bridgehead atoms. The highest BCUT2D eigenvalue weighted by molar-refractivity contribution is 7.89. The van der Waals surface area contributed by atoms with Crippen LogP contribution in [0, 0.1) is 12.3 Å². The maximum atomic E-state index is 13.0. The molecule has 1 saturated heterocycles. The van der Waals surface area contributed by atoms with Crippen molar-refractivity contribution < 1.29 is 17.9 Å². The first-order valence-electron chi connectivity index (χ1n) is 9.33. The van der Waals surface area contributed by atoms with Crippen molar-refractivity contribution in [3.05, 3.63) is 29.3 Å². The number of sulfonamides is 1. The molecule has 1 N–H and O–H groups in total. The van der Waals surface area contributed by atoms with Crippen molar-refractivity contribution in [2.75, 3.05) is 26.3 Å². The van der Waals surface area contributed by atoms with Crippen LogP contribution in [0.2, 0.25) is 0 Å². The summed E-state index contributed by atoms with van der Waals surface area (Å²) in [6, 6.07) is 4.86. The van der Waals surface area contributed by atoms with Gasteiger partial charge in [-0.25, -0.2) is 8.42 Å². The highest BCUT2D eigenvalue weighted by atomic mass is 32.2. The van der Waals surface area contributed by atoms with Crippen LogP contribution < -0.4 is 5.32 Å². The third-order valence-corrected chi connectivity index (χ3v) is 6.50. The Morgan fingerprint density at radius 3 is 2.30 bits per heavy atom. The number of carbonyl (C=O) groups excluding carboxylic acids is 1. The number of nitrogens with one attached hydrogen (secondary N) is 1. The molecule has 0 unspecified atom stereocenters. The average Bonchev–Trinajstić information content (AvgIpc) is 2.53. The highest BCUT2D eigenvalue weighted by Gasteiger charge is 2.30. The first kappa shape index (κ1) is 21.9. The van der Waals surface area contributed by atoms with Gasteiger partial charge in [-0.2, -0.15) is 4.31 Å². The Morgan fingerprint density at radius 2 is 1.74 bits per heavy atom. The van der Waals surface area contributed by atoms with Crippen molar-refractivity contribution >= 4 is 15.9 Å². The predicted molar refractivity (Wildman–Crippen MR) is 106 cm³/mol. The summed E-state index contributed by atoms with van der Waals surface area (Å²) >= 11 is 0. The molecule has 152 valence electrons. The van der Waals surface area contributed by atoms with Crippen molar-refractivity contribution in [2.45, 2.75) is 58.4 Å². The minimum absolute atomic E-state index is 0.0644. The molecule has 0 aliphatic carbocycles. The number of hydrogen-bond acceptors (Lipinski definition) is 4. The van der Waals surface area contributed by atoms with Gasteiger partial charge in [0, 0.05) is 24.2 Å². The molecule has 1 aromatic rings. The molecule has 1 aliphatic rings. The molecule has 27 heavy (non-hydrogen) atoms. The van der Waals surface area contributed by atoms with Crippen LogP contribution in [0.15, 0.2) is 23.1 Å². The summed E-state index contributed by atoms with van der Waals surface area (Å²) in [6.07, 6.45) is 0.802. The van der Waals surface area contributed by atoms with Gasteiger partial charge in [0.25, 0.3) is 5.91 Å². The minimum Gasteiger partial charge on any atom is -0.379 e. The van der Waals surface area contributed by atoms with E-state index in [9.17, 15) is 13.2 Å². The fourth-order valence-electron chi connectivity index (χ4n) is 3.69. The molecular weight excluding hydrogens is 364 g/mol. The minimum atomic E-state index is -3.65. The second kappa shape index (κ2) is 7.89. The summed E-state index contributed by atoms with van der Waals surface area (Å²) in [4.78, 5) is 13.0. The third-order valence-electron chi connectivity index (χ3n) is 4.46. The van der Waals surface area contributed by atoms with Crippen LogP contribution in [0.3, 0.4) is 0 Å². The van der Waals surface area contributed by atoms with E-state index in [4.69, 9.17) is 4.74 Å². The number of rotatable bonds is 5. The van der Waals surface area contributed by atoms with Crippen LogP contribution in [-0.2, 0) is 14.8 Å². The fraction of sp³-hybridized carbons (Fsp3) is 0.650. The number of nitrogens with zero attached hydrogens (tertiary/aromatic N) is 1. The summed E-state index contributed by atoms with van der Waals surface area (Å²) in [6.45, 7) is 13.5. The van der Waals surface area contributed by atoms with Gasteiger partial charge in [-0.15, -0.1) is 0 Å². The quantitative estimate of drug-likeness (QED) is 0.830. The van der Waals surface area contributed by atoms with Crippen molar-refractivity contribution in [1.29, 1.82) is 0 Å². The molecule has 1 heterocycles. The maximum absolute atomic E-state index is 13.0. The molecule has 0 atom stereocenters. The Balaban J connectivity index is 2.27. The summed E-state index contributed by atoms with van der Waals surface area (Å²) < 4.78 is 32.7. The van der Waals surface area contributed by atoms with E-state index in [2.05, 4.69) is 26.1 Å². The largest absolute Gasteiger partial charge is 0.379 e. The molecular formula is C20H32N2O4S. The van der Waals surface area contributed by atoms with Crippen molar-refractivity contribution in [3.63, 3.8) is 0 Å². The maximum Gasteiger partial charge on any atom is 0.251 e. The monoisotopic (exact) mass is 396 g/mol. The average molecular weight is 397 g/mol. The Bertz CT molecular complexity index is 789. The van der Waals surface area contributed by atoms with Gasteiger partial charge >= 0.3 is 0 Å². The van der Waals surface area contributed by atoms with Gasteiger partial charge in [0.1, 0.15) is 0 Å². The Labute approximate surface area is 163 Å². The van der Waals surface area contributed by atoms with Gasteiger partial charge in [0.2, 0.25) is 10.0 Å². The Morgan fingerprint density at radius 1 is 1.15 bits per heavy atom. The van der Waals surface area contributed by atoms with Crippen LogP contribution in [0.4, 0.5) is 0 Å². The van der Waals surface area contributed by atoms with Crippen LogP contribution in [-0.4, -0.2) is 50.5 Å². The van der Waals surface area contributed by atoms with Gasteiger partial charge in [0.15, 0.2) is 0 Å². The molecule has 0 spiro atoms. The molecule has 1 aromatic carbocycles. The molecule has 0 aromatic heterocycles. The van der Waals surface area contributed by atoms with E-state index in [1.54, 1.807) is 19.1 Å². The van der Waals surface area contributed by atoms with E-state index in [0.717, 1.165) is 6.42 Å². The lowest BCUT2D eigenvalue weighted by molar-refractivity contribution is 0.0730. The number of carbonyl (C=O) groups is 1. The lowest BCUT2D eigenvalue weighted by Crippen LogP contribution is -2.46. The van der Waals surface area contributed by atoms with E-state index in [-0.39, 0.29) is 16.2 Å². The van der Waals surface area contributed by atoms with E-state index >= 15 is 0 Å². The van der Waals surface area contributed by atoms with Gasteiger partial charge in [-0.1, -0.05) is 26.8 Å². The number of aryl methyl sites for hydroxylation is 1. The Hall–Kier alpha value is -1.44. The summed E-state index contributed by atoms with van der Waals surface area (Å²) in [5.41, 5.74) is 0.652. The molecule has 0 saturated carbocycles. The van der Waals surface area contributed by atoms with Gasteiger partial charge in [-0.3, -0.25) is 4.79 Å². The second-order valence-electron chi connectivity index (χ2n) is 9.07. The number of benzene rings is 1. The first-order chi connectivity index (χ1) is 12.3. The fourth-order valence-corrected chi connectivity index (χ4v) is 5.35. The van der Waals surface area contributed by atoms with Gasteiger partial charge in [0.05, 0.1) is 18.1 Å². The molecule has 1 amide bonds. The van der Waals surface area contributed by atoms with Crippen molar-refractivity contribution in [1.82, 2.24) is 9.62 Å². The lowest BCUT2D eigenvalue weighted by Gasteiger charge is -2.33. The van der Waals surface area contributed by atoms with Crippen LogP contribution >= 0.6 is 0 Å². The molecule has 1 fully saturated rings. The molecule has 1 aliphatic heterocycles. The van der Waals surface area contributed by atoms with Gasteiger partial charge < -0.3 is 10.1 Å². The number of hydrogen-bond donors (Lipinski definition) is 1. The number of ether oxygens (including phenoxy) is 1. The summed E-state index contributed by atoms with van der Waals surface area (Å²) in [7, 11) is -3.65. The van der Waals surface area contributed by atoms with Crippen molar-refractivity contribution in [3.8, 4) is 0 Å². The van der Waals surface area contributed by atoms with Crippen LogP contribution in [0.5, 0.6) is 0 Å². The van der Waals surface area contributed by atoms with E-state index < -0.39 is 15.6 Å². The summed E-state index contributed by atoms with van der Waals surface area (Å²) in [5.74, 6) is -0.261.